The van der Waals surface area contributed by atoms with Gasteiger partial charge in [-0.3, -0.25) is 23.6 Å². The standard InChI is InChI=1S/C27H30N6O3/c1-2-32-26(35)24(25(29)33(27(32)36)18-21-7-4-3-5-8-21)23(34)19-30-13-6-14-31(16-15-30)22-11-9-20(17-28)10-12-22/h3-5,7-12H,2,6,13-16,18-19,29H2,1H3. The first-order valence-corrected chi connectivity index (χ1v) is 12.1. The summed E-state index contributed by atoms with van der Waals surface area (Å²) in [6, 6.07) is 18.9. The van der Waals surface area contributed by atoms with E-state index in [9.17, 15) is 14.4 Å². The molecule has 2 N–H and O–H groups in total. The SMILES string of the molecule is CCn1c(=O)c(C(=O)CN2CCCN(c3ccc(C#N)cc3)CC2)c(N)n(Cc2ccccc2)c1=O. The molecule has 36 heavy (non-hydrogen) atoms. The van der Waals surface area contributed by atoms with Gasteiger partial charge < -0.3 is 10.6 Å². The Kier molecular flexibility index (Phi) is 7.66. The van der Waals surface area contributed by atoms with Gasteiger partial charge in [0.1, 0.15) is 11.4 Å². The zero-order valence-electron chi connectivity index (χ0n) is 20.4. The fraction of sp³-hybridized carbons (Fsp3) is 0.333. The third-order valence-electron chi connectivity index (χ3n) is 6.56. The second kappa shape index (κ2) is 11.1. The maximum absolute atomic E-state index is 13.4. The Bertz CT molecular complexity index is 1390. The largest absolute Gasteiger partial charge is 0.384 e. The van der Waals surface area contributed by atoms with E-state index < -0.39 is 11.2 Å². The smallest absolute Gasteiger partial charge is 0.332 e. The normalized spacial score (nSPS) is 14.3. The number of rotatable bonds is 7. The molecule has 0 saturated carbocycles. The quantitative estimate of drug-likeness (QED) is 0.507. The van der Waals surface area contributed by atoms with Gasteiger partial charge in [0.15, 0.2) is 5.78 Å². The summed E-state index contributed by atoms with van der Waals surface area (Å²) < 4.78 is 2.38. The molecule has 2 aromatic carbocycles. The Hall–Kier alpha value is -4.16. The zero-order valence-corrected chi connectivity index (χ0v) is 20.4. The third kappa shape index (κ3) is 5.24. The van der Waals surface area contributed by atoms with E-state index >= 15 is 0 Å². The van der Waals surface area contributed by atoms with Crippen LogP contribution in [-0.4, -0.2) is 52.5 Å². The van der Waals surface area contributed by atoms with Gasteiger partial charge in [-0.2, -0.15) is 5.26 Å². The van der Waals surface area contributed by atoms with Gasteiger partial charge in [-0.05, 0) is 43.2 Å². The molecule has 2 heterocycles. The summed E-state index contributed by atoms with van der Waals surface area (Å²) in [5, 5.41) is 9.02. The molecule has 0 bridgehead atoms. The highest BCUT2D eigenvalue weighted by Crippen LogP contribution is 2.18. The van der Waals surface area contributed by atoms with Gasteiger partial charge in [0.2, 0.25) is 0 Å². The first kappa shape index (κ1) is 24.9. The molecule has 0 unspecified atom stereocenters. The van der Waals surface area contributed by atoms with Crippen molar-refractivity contribution in [2.45, 2.75) is 26.4 Å². The lowest BCUT2D eigenvalue weighted by Gasteiger charge is -2.23. The van der Waals surface area contributed by atoms with Crippen LogP contribution in [0.25, 0.3) is 0 Å². The number of carbonyl (C=O) groups excluding carboxylic acids is 1. The lowest BCUT2D eigenvalue weighted by atomic mass is 10.1. The Balaban J connectivity index is 1.54. The molecule has 0 spiro atoms. The third-order valence-corrected chi connectivity index (χ3v) is 6.56. The summed E-state index contributed by atoms with van der Waals surface area (Å²) >= 11 is 0. The van der Waals surface area contributed by atoms with Crippen molar-refractivity contribution < 1.29 is 4.79 Å². The van der Waals surface area contributed by atoms with Gasteiger partial charge in [-0.25, -0.2) is 4.79 Å². The van der Waals surface area contributed by atoms with Crippen molar-refractivity contribution in [1.82, 2.24) is 14.0 Å². The van der Waals surface area contributed by atoms with E-state index in [2.05, 4.69) is 11.0 Å². The maximum Gasteiger partial charge on any atom is 0.332 e. The molecule has 9 heteroatoms. The zero-order chi connectivity index (χ0) is 25.7. The molecule has 4 rings (SSSR count). The number of anilines is 2. The van der Waals surface area contributed by atoms with E-state index in [4.69, 9.17) is 11.0 Å². The molecule has 1 fully saturated rings. The number of nitriles is 1. The van der Waals surface area contributed by atoms with Crippen molar-refractivity contribution in [2.75, 3.05) is 43.4 Å². The van der Waals surface area contributed by atoms with Crippen molar-refractivity contribution in [1.29, 1.82) is 5.26 Å². The highest BCUT2D eigenvalue weighted by atomic mass is 16.2. The minimum absolute atomic E-state index is 0.0495. The number of hydrogen-bond donors (Lipinski definition) is 1. The fourth-order valence-corrected chi connectivity index (χ4v) is 4.59. The monoisotopic (exact) mass is 486 g/mol. The van der Waals surface area contributed by atoms with Crippen molar-refractivity contribution in [2.24, 2.45) is 0 Å². The van der Waals surface area contributed by atoms with Crippen LogP contribution in [-0.2, 0) is 13.1 Å². The molecule has 1 aliphatic heterocycles. The summed E-state index contributed by atoms with van der Waals surface area (Å²) in [5.74, 6) is -0.467. The summed E-state index contributed by atoms with van der Waals surface area (Å²) in [6.45, 7) is 4.94. The molecule has 0 radical (unpaired) electrons. The number of benzene rings is 2. The Morgan fingerprint density at radius 1 is 0.972 bits per heavy atom. The molecule has 1 aliphatic rings. The Labute approximate surface area is 209 Å². The first-order chi connectivity index (χ1) is 17.4. The molecule has 0 aliphatic carbocycles. The van der Waals surface area contributed by atoms with Crippen LogP contribution < -0.4 is 21.9 Å². The average Bonchev–Trinajstić information content (AvgIpc) is 3.13. The predicted molar refractivity (Wildman–Crippen MR) is 139 cm³/mol. The highest BCUT2D eigenvalue weighted by molar-refractivity contribution is 6.01. The molecule has 1 saturated heterocycles. The number of carbonyl (C=O) groups is 1. The summed E-state index contributed by atoms with van der Waals surface area (Å²) in [7, 11) is 0. The number of aromatic nitrogens is 2. The van der Waals surface area contributed by atoms with Crippen LogP contribution in [0.2, 0.25) is 0 Å². The van der Waals surface area contributed by atoms with Crippen LogP contribution in [0.3, 0.4) is 0 Å². The molecular weight excluding hydrogens is 456 g/mol. The van der Waals surface area contributed by atoms with Crippen molar-refractivity contribution >= 4 is 17.3 Å². The van der Waals surface area contributed by atoms with Crippen LogP contribution in [0, 0.1) is 11.3 Å². The number of Topliss-reactive ketones (excluding diaryl/α,β-unsaturated/α-hetero) is 1. The topological polar surface area (TPSA) is 117 Å². The molecule has 0 atom stereocenters. The maximum atomic E-state index is 13.4. The van der Waals surface area contributed by atoms with Gasteiger partial charge in [-0.15, -0.1) is 0 Å². The van der Waals surface area contributed by atoms with Crippen LogP contribution in [0.15, 0.2) is 64.2 Å². The molecule has 1 aromatic heterocycles. The second-order valence-corrected chi connectivity index (χ2v) is 8.86. The van der Waals surface area contributed by atoms with Crippen LogP contribution in [0.1, 0.15) is 34.8 Å². The number of ketones is 1. The van der Waals surface area contributed by atoms with E-state index in [1.54, 1.807) is 19.1 Å². The minimum Gasteiger partial charge on any atom is -0.384 e. The number of nitrogen functional groups attached to an aromatic ring is 1. The lowest BCUT2D eigenvalue weighted by Crippen LogP contribution is -2.45. The van der Waals surface area contributed by atoms with E-state index in [0.29, 0.717) is 25.2 Å². The summed E-state index contributed by atoms with van der Waals surface area (Å²) in [5.41, 5.74) is 7.51. The van der Waals surface area contributed by atoms with Gasteiger partial charge in [0.05, 0.1) is 24.7 Å². The molecule has 186 valence electrons. The van der Waals surface area contributed by atoms with E-state index in [0.717, 1.165) is 28.8 Å². The van der Waals surface area contributed by atoms with Crippen LogP contribution in [0.4, 0.5) is 11.5 Å². The van der Waals surface area contributed by atoms with E-state index in [-0.39, 0.29) is 36.8 Å². The highest BCUT2D eigenvalue weighted by Gasteiger charge is 2.25. The lowest BCUT2D eigenvalue weighted by molar-refractivity contribution is 0.0933. The van der Waals surface area contributed by atoms with E-state index in [1.807, 2.05) is 47.4 Å². The summed E-state index contributed by atoms with van der Waals surface area (Å²) in [4.78, 5) is 43.7. The fourth-order valence-electron chi connectivity index (χ4n) is 4.59. The molecule has 3 aromatic rings. The minimum atomic E-state index is -0.636. The van der Waals surface area contributed by atoms with Crippen molar-refractivity contribution in [3.05, 3.63) is 92.1 Å². The second-order valence-electron chi connectivity index (χ2n) is 8.86. The van der Waals surface area contributed by atoms with Crippen LogP contribution in [0.5, 0.6) is 0 Å². The van der Waals surface area contributed by atoms with Crippen molar-refractivity contribution in [3.63, 3.8) is 0 Å². The Morgan fingerprint density at radius 3 is 2.36 bits per heavy atom. The molecule has 9 nitrogen and oxygen atoms in total. The van der Waals surface area contributed by atoms with Gasteiger partial charge in [0.25, 0.3) is 5.56 Å². The van der Waals surface area contributed by atoms with E-state index in [1.165, 1.54) is 4.57 Å². The van der Waals surface area contributed by atoms with Gasteiger partial charge in [-0.1, -0.05) is 30.3 Å². The predicted octanol–water partition coefficient (Wildman–Crippen LogP) is 1.93. The first-order valence-electron chi connectivity index (χ1n) is 12.1. The van der Waals surface area contributed by atoms with Gasteiger partial charge in [0, 0.05) is 38.4 Å². The molecular formula is C27H30N6O3. The van der Waals surface area contributed by atoms with Crippen LogP contribution >= 0.6 is 0 Å². The number of hydrogen-bond acceptors (Lipinski definition) is 7. The summed E-state index contributed by atoms with van der Waals surface area (Å²) in [6.07, 6.45) is 0.843. The van der Waals surface area contributed by atoms with Crippen molar-refractivity contribution in [3.8, 4) is 6.07 Å². The molecule has 0 amide bonds. The number of nitrogens with two attached hydrogens (primary N) is 1. The van der Waals surface area contributed by atoms with Gasteiger partial charge >= 0.3 is 5.69 Å². The number of nitrogens with zero attached hydrogens (tertiary/aromatic N) is 5. The Morgan fingerprint density at radius 2 is 1.69 bits per heavy atom. The average molecular weight is 487 g/mol.